The Morgan fingerprint density at radius 2 is 2.11 bits per heavy atom. The van der Waals surface area contributed by atoms with Crippen LogP contribution >= 0.6 is 0 Å². The van der Waals surface area contributed by atoms with Gasteiger partial charge in [-0.2, -0.15) is 0 Å². The molecule has 0 aliphatic carbocycles. The van der Waals surface area contributed by atoms with Gasteiger partial charge in [-0.3, -0.25) is 4.98 Å². The van der Waals surface area contributed by atoms with Crippen LogP contribution in [-0.2, 0) is 0 Å². The number of anilines is 2. The van der Waals surface area contributed by atoms with Crippen molar-refractivity contribution in [2.45, 2.75) is 32.7 Å². The maximum atomic E-state index is 6.22. The van der Waals surface area contributed by atoms with E-state index in [4.69, 9.17) is 5.73 Å². The minimum atomic E-state index is 0.591. The molecule has 3 heteroatoms. The minimum absolute atomic E-state index is 0.591. The summed E-state index contributed by atoms with van der Waals surface area (Å²) in [5.74, 6) is 0.647. The molecule has 1 aromatic carbocycles. The molecule has 1 fully saturated rings. The second kappa shape index (κ2) is 4.72. The van der Waals surface area contributed by atoms with Crippen LogP contribution in [-0.4, -0.2) is 17.6 Å². The van der Waals surface area contributed by atoms with Crippen molar-refractivity contribution >= 4 is 22.3 Å². The first-order chi connectivity index (χ1) is 9.18. The maximum Gasteiger partial charge on any atom is 0.0745 e. The Hall–Kier alpha value is -1.77. The Morgan fingerprint density at radius 1 is 1.32 bits per heavy atom. The van der Waals surface area contributed by atoms with Crippen molar-refractivity contribution in [2.24, 2.45) is 5.92 Å². The Bertz CT molecular complexity index is 592. The smallest absolute Gasteiger partial charge is 0.0745 e. The Kier molecular flexibility index (Phi) is 3.05. The quantitative estimate of drug-likeness (QED) is 0.893. The molecule has 2 heterocycles. The van der Waals surface area contributed by atoms with Gasteiger partial charge < -0.3 is 10.6 Å². The number of fused-ring (bicyclic) bond motifs is 1. The molecule has 0 spiro atoms. The molecule has 2 aromatic rings. The molecular weight excluding hydrogens is 234 g/mol. The van der Waals surface area contributed by atoms with Gasteiger partial charge in [0.2, 0.25) is 0 Å². The molecule has 1 aliphatic heterocycles. The lowest BCUT2D eigenvalue weighted by Gasteiger charge is -2.31. The second-order valence-electron chi connectivity index (χ2n) is 5.73. The molecular formula is C16H21N3. The van der Waals surface area contributed by atoms with Crippen LogP contribution in [0.2, 0.25) is 0 Å². The summed E-state index contributed by atoms with van der Waals surface area (Å²) < 4.78 is 0. The lowest BCUT2D eigenvalue weighted by atomic mass is 10.0. The van der Waals surface area contributed by atoms with Gasteiger partial charge in [-0.15, -0.1) is 0 Å². The standard InChI is InChI=1S/C16H21N3/c1-11(2)15-8-5-9-19(15)16-12-6-3-4-7-14(12)18-10-13(16)17/h3-4,6-7,10-11,15H,5,8-9,17H2,1-2H3. The van der Waals surface area contributed by atoms with E-state index in [-0.39, 0.29) is 0 Å². The first-order valence-corrected chi connectivity index (χ1v) is 7.08. The highest BCUT2D eigenvalue weighted by Gasteiger charge is 2.29. The number of rotatable bonds is 2. The highest BCUT2D eigenvalue weighted by molar-refractivity contribution is 5.97. The van der Waals surface area contributed by atoms with E-state index < -0.39 is 0 Å². The SMILES string of the molecule is CC(C)C1CCCN1c1c(N)cnc2ccccc12. The van der Waals surface area contributed by atoms with Gasteiger partial charge in [0.15, 0.2) is 0 Å². The van der Waals surface area contributed by atoms with Gasteiger partial charge in [0, 0.05) is 18.0 Å². The molecule has 3 nitrogen and oxygen atoms in total. The Balaban J connectivity index is 2.16. The van der Waals surface area contributed by atoms with Gasteiger partial charge in [0.1, 0.15) is 0 Å². The summed E-state index contributed by atoms with van der Waals surface area (Å²) in [5.41, 5.74) is 9.23. The molecule has 1 atom stereocenters. The third-order valence-electron chi connectivity index (χ3n) is 4.13. The summed E-state index contributed by atoms with van der Waals surface area (Å²) in [6.45, 7) is 5.69. The predicted molar refractivity (Wildman–Crippen MR) is 81.4 cm³/mol. The first-order valence-electron chi connectivity index (χ1n) is 7.08. The largest absolute Gasteiger partial charge is 0.396 e. The van der Waals surface area contributed by atoms with Crippen molar-refractivity contribution < 1.29 is 0 Å². The number of benzene rings is 1. The fourth-order valence-corrected chi connectivity index (χ4v) is 3.23. The van der Waals surface area contributed by atoms with E-state index in [2.05, 4.69) is 41.9 Å². The van der Waals surface area contributed by atoms with Crippen LogP contribution < -0.4 is 10.6 Å². The van der Waals surface area contributed by atoms with E-state index in [1.54, 1.807) is 6.20 Å². The number of aromatic nitrogens is 1. The molecule has 1 unspecified atom stereocenters. The van der Waals surface area contributed by atoms with E-state index in [1.807, 2.05) is 6.07 Å². The zero-order chi connectivity index (χ0) is 13.4. The molecule has 0 amide bonds. The predicted octanol–water partition coefficient (Wildman–Crippen LogP) is 3.44. The molecule has 2 N–H and O–H groups in total. The van der Waals surface area contributed by atoms with Gasteiger partial charge in [-0.05, 0) is 24.8 Å². The maximum absolute atomic E-state index is 6.22. The van der Waals surface area contributed by atoms with Gasteiger partial charge in [0.05, 0.1) is 23.1 Å². The van der Waals surface area contributed by atoms with Crippen molar-refractivity contribution in [3.63, 3.8) is 0 Å². The third-order valence-corrected chi connectivity index (χ3v) is 4.13. The van der Waals surface area contributed by atoms with Crippen LogP contribution in [0.5, 0.6) is 0 Å². The summed E-state index contributed by atoms with van der Waals surface area (Å²) in [5, 5.41) is 1.18. The van der Waals surface area contributed by atoms with Crippen LogP contribution in [0.15, 0.2) is 30.5 Å². The molecule has 3 rings (SSSR count). The van der Waals surface area contributed by atoms with Crippen molar-refractivity contribution in [1.29, 1.82) is 0 Å². The molecule has 1 saturated heterocycles. The number of nitrogens with two attached hydrogens (primary N) is 1. The number of para-hydroxylation sites is 1. The number of nitrogens with zero attached hydrogens (tertiary/aromatic N) is 2. The summed E-state index contributed by atoms with van der Waals surface area (Å²) in [6.07, 6.45) is 4.31. The van der Waals surface area contributed by atoms with E-state index in [9.17, 15) is 0 Å². The summed E-state index contributed by atoms with van der Waals surface area (Å²) in [4.78, 5) is 6.92. The highest BCUT2D eigenvalue weighted by atomic mass is 15.2. The topological polar surface area (TPSA) is 42.1 Å². The van der Waals surface area contributed by atoms with Gasteiger partial charge >= 0.3 is 0 Å². The Labute approximate surface area is 114 Å². The molecule has 19 heavy (non-hydrogen) atoms. The highest BCUT2D eigenvalue weighted by Crippen LogP contribution is 2.37. The van der Waals surface area contributed by atoms with Crippen LogP contribution in [0.4, 0.5) is 11.4 Å². The van der Waals surface area contributed by atoms with Crippen LogP contribution in [0.3, 0.4) is 0 Å². The van der Waals surface area contributed by atoms with Crippen molar-refractivity contribution in [2.75, 3.05) is 17.2 Å². The lowest BCUT2D eigenvalue weighted by molar-refractivity contribution is 0.493. The fraction of sp³-hybridized carbons (Fsp3) is 0.438. The van der Waals surface area contributed by atoms with Crippen molar-refractivity contribution in [1.82, 2.24) is 4.98 Å². The monoisotopic (exact) mass is 255 g/mol. The van der Waals surface area contributed by atoms with Crippen molar-refractivity contribution in [3.05, 3.63) is 30.5 Å². The van der Waals surface area contributed by atoms with Crippen LogP contribution in [0.25, 0.3) is 10.9 Å². The van der Waals surface area contributed by atoms with E-state index in [0.29, 0.717) is 12.0 Å². The molecule has 0 radical (unpaired) electrons. The van der Waals surface area contributed by atoms with E-state index in [1.165, 1.54) is 23.9 Å². The second-order valence-corrected chi connectivity index (χ2v) is 5.73. The number of hydrogen-bond acceptors (Lipinski definition) is 3. The first kappa shape index (κ1) is 12.3. The van der Waals surface area contributed by atoms with Gasteiger partial charge in [-0.1, -0.05) is 32.0 Å². The van der Waals surface area contributed by atoms with E-state index in [0.717, 1.165) is 17.7 Å². The average Bonchev–Trinajstić information content (AvgIpc) is 2.87. The zero-order valence-corrected chi connectivity index (χ0v) is 11.6. The lowest BCUT2D eigenvalue weighted by Crippen LogP contribution is -2.34. The fourth-order valence-electron chi connectivity index (χ4n) is 3.23. The summed E-state index contributed by atoms with van der Waals surface area (Å²) in [7, 11) is 0. The van der Waals surface area contributed by atoms with E-state index >= 15 is 0 Å². The third kappa shape index (κ3) is 2.03. The van der Waals surface area contributed by atoms with Gasteiger partial charge in [0.25, 0.3) is 0 Å². The normalized spacial score (nSPS) is 19.5. The van der Waals surface area contributed by atoms with Crippen molar-refractivity contribution in [3.8, 4) is 0 Å². The van der Waals surface area contributed by atoms with Crippen LogP contribution in [0.1, 0.15) is 26.7 Å². The van der Waals surface area contributed by atoms with Crippen LogP contribution in [0, 0.1) is 5.92 Å². The Morgan fingerprint density at radius 3 is 2.89 bits per heavy atom. The molecule has 0 saturated carbocycles. The zero-order valence-electron chi connectivity index (χ0n) is 11.6. The number of pyridine rings is 1. The average molecular weight is 255 g/mol. The minimum Gasteiger partial charge on any atom is -0.396 e. The number of hydrogen-bond donors (Lipinski definition) is 1. The molecule has 1 aromatic heterocycles. The summed E-state index contributed by atoms with van der Waals surface area (Å²) >= 11 is 0. The number of nitrogen functional groups attached to an aromatic ring is 1. The molecule has 0 bridgehead atoms. The molecule has 100 valence electrons. The summed E-state index contributed by atoms with van der Waals surface area (Å²) in [6, 6.07) is 8.86. The molecule has 1 aliphatic rings. The van der Waals surface area contributed by atoms with Gasteiger partial charge in [-0.25, -0.2) is 0 Å².